The van der Waals surface area contributed by atoms with Crippen LogP contribution in [0.3, 0.4) is 0 Å². The second-order valence-electron chi connectivity index (χ2n) is 8.14. The van der Waals surface area contributed by atoms with Crippen LogP contribution in [0.4, 0.5) is 0 Å². The van der Waals surface area contributed by atoms with E-state index in [-0.39, 0.29) is 17.9 Å². The van der Waals surface area contributed by atoms with E-state index in [1.807, 2.05) is 6.07 Å². The van der Waals surface area contributed by atoms with Crippen LogP contribution in [0.2, 0.25) is 0 Å². The van der Waals surface area contributed by atoms with Crippen molar-refractivity contribution in [2.24, 2.45) is 11.8 Å². The lowest BCUT2D eigenvalue weighted by Crippen LogP contribution is -2.53. The van der Waals surface area contributed by atoms with Gasteiger partial charge < -0.3 is 24.3 Å². The summed E-state index contributed by atoms with van der Waals surface area (Å²) in [6, 6.07) is 8.32. The van der Waals surface area contributed by atoms with Gasteiger partial charge in [-0.25, -0.2) is 4.79 Å². The number of nitrogens with one attached hydrogen (secondary N) is 1. The van der Waals surface area contributed by atoms with E-state index in [0.29, 0.717) is 18.5 Å². The van der Waals surface area contributed by atoms with Gasteiger partial charge >= 0.3 is 5.97 Å². The van der Waals surface area contributed by atoms with Crippen LogP contribution in [-0.4, -0.2) is 53.6 Å². The Hall–Kier alpha value is -2.35. The molecule has 5 atom stereocenters. The number of methoxy groups -OCH3 is 1. The fourth-order valence-electron chi connectivity index (χ4n) is 5.77. The van der Waals surface area contributed by atoms with Gasteiger partial charge in [0.05, 0.1) is 36.7 Å². The Morgan fingerprint density at radius 1 is 1.39 bits per heavy atom. The summed E-state index contributed by atoms with van der Waals surface area (Å²) in [4.78, 5) is 18.4. The number of aliphatic hydroxyl groups excluding tert-OH is 1. The highest BCUT2D eigenvalue weighted by atomic mass is 16.6. The molecule has 2 fully saturated rings. The minimum absolute atomic E-state index is 0.183. The van der Waals surface area contributed by atoms with Crippen LogP contribution in [0.25, 0.3) is 10.9 Å². The molecule has 2 bridgehead atoms. The summed E-state index contributed by atoms with van der Waals surface area (Å²) in [5.41, 5.74) is 3.36. The van der Waals surface area contributed by atoms with Crippen molar-refractivity contribution in [3.63, 3.8) is 0 Å². The van der Waals surface area contributed by atoms with Gasteiger partial charge in [-0.05, 0) is 18.1 Å². The molecule has 0 saturated carbocycles. The lowest BCUT2D eigenvalue weighted by atomic mass is 9.74. The van der Waals surface area contributed by atoms with Crippen LogP contribution in [0.1, 0.15) is 17.7 Å². The van der Waals surface area contributed by atoms with E-state index in [1.54, 1.807) is 0 Å². The first-order valence-corrected chi connectivity index (χ1v) is 9.77. The van der Waals surface area contributed by atoms with E-state index < -0.39 is 18.0 Å². The standard InChI is InChI=1S/C21H22N2O5/c1-26-19(24)14-10-27-20(25)17-13(14)8-21-18-12(6-7-23(21)9-16(17)28-21)11-4-2-3-5-15(11)22-18/h2-5,10,13,16-17,20,22,25H,6-9H2,1H3/t13-,16-,17+,20-,21+/m1/s1. The number of benzene rings is 1. The van der Waals surface area contributed by atoms with Gasteiger partial charge in [0.25, 0.3) is 0 Å². The van der Waals surface area contributed by atoms with E-state index >= 15 is 0 Å². The van der Waals surface area contributed by atoms with Crippen LogP contribution < -0.4 is 0 Å². The number of hydrogen-bond donors (Lipinski definition) is 2. The molecule has 0 unspecified atom stereocenters. The third kappa shape index (κ3) is 1.96. The summed E-state index contributed by atoms with van der Waals surface area (Å²) in [5, 5.41) is 11.7. The maximum Gasteiger partial charge on any atom is 0.337 e. The molecule has 2 N–H and O–H groups in total. The van der Waals surface area contributed by atoms with Gasteiger partial charge in [0.1, 0.15) is 0 Å². The monoisotopic (exact) mass is 382 g/mol. The van der Waals surface area contributed by atoms with E-state index in [4.69, 9.17) is 14.2 Å². The molecule has 0 amide bonds. The van der Waals surface area contributed by atoms with Crippen molar-refractivity contribution in [3.05, 3.63) is 47.4 Å². The summed E-state index contributed by atoms with van der Waals surface area (Å²) in [6.07, 6.45) is 1.71. The molecule has 146 valence electrons. The van der Waals surface area contributed by atoms with Crippen molar-refractivity contribution in [2.45, 2.75) is 31.0 Å². The van der Waals surface area contributed by atoms with Crippen LogP contribution in [0.5, 0.6) is 0 Å². The number of nitrogens with zero attached hydrogens (tertiary/aromatic N) is 1. The average Bonchev–Trinajstić information content (AvgIpc) is 3.23. The summed E-state index contributed by atoms with van der Waals surface area (Å²) in [7, 11) is 1.37. The molecule has 1 aromatic carbocycles. The van der Waals surface area contributed by atoms with Crippen molar-refractivity contribution >= 4 is 16.9 Å². The largest absolute Gasteiger partial charge is 0.472 e. The maximum atomic E-state index is 12.4. The molecule has 2 saturated heterocycles. The number of rotatable bonds is 1. The number of carbonyl (C=O) groups is 1. The predicted octanol–water partition coefficient (Wildman–Crippen LogP) is 1.62. The molecule has 4 aliphatic rings. The predicted molar refractivity (Wildman–Crippen MR) is 98.9 cm³/mol. The van der Waals surface area contributed by atoms with Gasteiger partial charge in [0, 0.05) is 36.3 Å². The maximum absolute atomic E-state index is 12.4. The average molecular weight is 382 g/mol. The van der Waals surface area contributed by atoms with Gasteiger partial charge in [0.2, 0.25) is 6.29 Å². The number of fused-ring (bicyclic) bond motifs is 6. The normalized spacial score (nSPS) is 36.1. The van der Waals surface area contributed by atoms with Gasteiger partial charge in [-0.2, -0.15) is 0 Å². The van der Waals surface area contributed by atoms with Crippen molar-refractivity contribution < 1.29 is 24.1 Å². The zero-order valence-electron chi connectivity index (χ0n) is 15.6. The van der Waals surface area contributed by atoms with Crippen LogP contribution in [0, 0.1) is 11.8 Å². The molecule has 2 aromatic rings. The van der Waals surface area contributed by atoms with Gasteiger partial charge in [-0.1, -0.05) is 18.2 Å². The van der Waals surface area contributed by atoms with Crippen LogP contribution in [0.15, 0.2) is 36.1 Å². The fraction of sp³-hybridized carbons (Fsp3) is 0.476. The van der Waals surface area contributed by atoms with Crippen molar-refractivity contribution in [1.29, 1.82) is 0 Å². The molecule has 5 heterocycles. The SMILES string of the molecule is COC(=O)C1=CO[C@@H](O)[C@H]2[C@@H]1C[C@@]13O[C@@H]2CN1CCc1c3[nH]c2ccccc12. The summed E-state index contributed by atoms with van der Waals surface area (Å²) in [5.74, 6) is -0.876. The molecule has 4 aliphatic heterocycles. The number of para-hydroxylation sites is 1. The van der Waals surface area contributed by atoms with E-state index in [9.17, 15) is 9.90 Å². The fourth-order valence-corrected chi connectivity index (χ4v) is 5.77. The molecule has 7 nitrogen and oxygen atoms in total. The third-order valence-electron chi connectivity index (χ3n) is 6.97. The third-order valence-corrected chi connectivity index (χ3v) is 6.97. The van der Waals surface area contributed by atoms with E-state index in [2.05, 4.69) is 28.1 Å². The lowest BCUT2D eigenvalue weighted by Gasteiger charge is -2.48. The molecular formula is C21H22N2O5. The van der Waals surface area contributed by atoms with Crippen molar-refractivity contribution in [2.75, 3.05) is 20.2 Å². The highest BCUT2D eigenvalue weighted by molar-refractivity contribution is 5.89. The second-order valence-corrected chi connectivity index (χ2v) is 8.14. The number of aliphatic hydroxyl groups is 1. The Labute approximate surface area is 161 Å². The Morgan fingerprint density at radius 3 is 3.11 bits per heavy atom. The number of carbonyl (C=O) groups excluding carboxylic acids is 1. The number of ether oxygens (including phenoxy) is 3. The molecule has 6 rings (SSSR count). The first kappa shape index (κ1) is 16.6. The minimum atomic E-state index is -0.982. The van der Waals surface area contributed by atoms with Crippen molar-refractivity contribution in [3.8, 4) is 0 Å². The highest BCUT2D eigenvalue weighted by Crippen LogP contribution is 2.56. The minimum Gasteiger partial charge on any atom is -0.472 e. The first-order valence-electron chi connectivity index (χ1n) is 9.77. The summed E-state index contributed by atoms with van der Waals surface area (Å²) >= 11 is 0. The molecule has 0 radical (unpaired) electrons. The molecule has 7 heteroatoms. The zero-order valence-corrected chi connectivity index (χ0v) is 15.6. The highest BCUT2D eigenvalue weighted by Gasteiger charge is 2.63. The Bertz CT molecular complexity index is 1010. The quantitative estimate of drug-likeness (QED) is 0.730. The molecule has 28 heavy (non-hydrogen) atoms. The first-order chi connectivity index (χ1) is 13.6. The number of esters is 1. The van der Waals surface area contributed by atoms with Crippen LogP contribution >= 0.6 is 0 Å². The smallest absolute Gasteiger partial charge is 0.337 e. The number of aromatic nitrogens is 1. The number of H-pyrrole nitrogens is 1. The Kier molecular flexibility index (Phi) is 3.31. The topological polar surface area (TPSA) is 84.0 Å². The summed E-state index contributed by atoms with van der Waals surface area (Å²) in [6.45, 7) is 1.60. The van der Waals surface area contributed by atoms with E-state index in [1.165, 1.54) is 24.3 Å². The molecule has 1 aromatic heterocycles. The molecule has 1 spiro atoms. The van der Waals surface area contributed by atoms with E-state index in [0.717, 1.165) is 24.2 Å². The van der Waals surface area contributed by atoms with Crippen LogP contribution in [-0.2, 0) is 31.2 Å². The molecular weight excluding hydrogens is 360 g/mol. The number of aromatic amines is 1. The molecule has 0 aliphatic carbocycles. The van der Waals surface area contributed by atoms with Gasteiger partial charge in [0.15, 0.2) is 5.72 Å². The summed E-state index contributed by atoms with van der Waals surface area (Å²) < 4.78 is 17.0. The van der Waals surface area contributed by atoms with Crippen molar-refractivity contribution in [1.82, 2.24) is 9.88 Å². The lowest BCUT2D eigenvalue weighted by molar-refractivity contribution is -0.228. The van der Waals surface area contributed by atoms with Gasteiger partial charge in [-0.3, -0.25) is 4.90 Å². The Balaban J connectivity index is 1.51. The van der Waals surface area contributed by atoms with Gasteiger partial charge in [-0.15, -0.1) is 0 Å². The number of hydrogen-bond acceptors (Lipinski definition) is 6. The Morgan fingerprint density at radius 2 is 2.25 bits per heavy atom. The second kappa shape index (κ2) is 5.59. The zero-order chi connectivity index (χ0) is 19.0.